The highest BCUT2D eigenvalue weighted by atomic mass is 127. The maximum absolute atomic E-state index is 12.0. The SMILES string of the molecule is CN=C(NCc1ccsc1)N1CCS(=O)(=O)C(C)(C)C1.I. The number of guanidine groups is 1. The Hall–Kier alpha value is -0.350. The maximum atomic E-state index is 12.0. The molecule has 1 N–H and O–H groups in total. The van der Waals surface area contributed by atoms with Gasteiger partial charge >= 0.3 is 0 Å². The number of nitrogens with zero attached hydrogens (tertiary/aromatic N) is 2. The zero-order valence-corrected chi connectivity index (χ0v) is 16.5. The molecule has 8 heteroatoms. The molecule has 1 fully saturated rings. The van der Waals surface area contributed by atoms with Crippen LogP contribution >= 0.6 is 35.3 Å². The number of aliphatic imine (C=N–C) groups is 1. The summed E-state index contributed by atoms with van der Waals surface area (Å²) in [7, 11) is -1.29. The van der Waals surface area contributed by atoms with E-state index < -0.39 is 14.6 Å². The predicted molar refractivity (Wildman–Crippen MR) is 99.4 cm³/mol. The number of nitrogens with one attached hydrogen (secondary N) is 1. The van der Waals surface area contributed by atoms with E-state index in [1.807, 2.05) is 10.3 Å². The highest BCUT2D eigenvalue weighted by molar-refractivity contribution is 14.0. The number of rotatable bonds is 2. The fourth-order valence-corrected chi connectivity index (χ4v) is 4.27. The van der Waals surface area contributed by atoms with Gasteiger partial charge in [0, 0.05) is 26.7 Å². The molecule has 120 valence electrons. The van der Waals surface area contributed by atoms with E-state index in [-0.39, 0.29) is 29.7 Å². The van der Waals surface area contributed by atoms with Crippen molar-refractivity contribution in [1.29, 1.82) is 0 Å². The van der Waals surface area contributed by atoms with Crippen molar-refractivity contribution in [3.8, 4) is 0 Å². The Morgan fingerprint density at radius 2 is 2.24 bits per heavy atom. The standard InChI is InChI=1S/C13H21N3O2S2.HI/c1-13(2)10-16(5-7-20(13,17)18)12(14-3)15-8-11-4-6-19-9-11;/h4,6,9H,5,7-8,10H2,1-3H3,(H,14,15);1H. The molecule has 0 unspecified atom stereocenters. The van der Waals surface area contributed by atoms with E-state index in [2.05, 4.69) is 21.8 Å². The fraction of sp³-hybridized carbons (Fsp3) is 0.615. The highest BCUT2D eigenvalue weighted by Crippen LogP contribution is 2.23. The monoisotopic (exact) mass is 443 g/mol. The summed E-state index contributed by atoms with van der Waals surface area (Å²) in [5.41, 5.74) is 1.21. The molecule has 1 saturated heterocycles. The van der Waals surface area contributed by atoms with Crippen molar-refractivity contribution in [1.82, 2.24) is 10.2 Å². The van der Waals surface area contributed by atoms with Crippen LogP contribution in [0.2, 0.25) is 0 Å². The van der Waals surface area contributed by atoms with Crippen LogP contribution < -0.4 is 5.32 Å². The first-order chi connectivity index (χ1) is 9.36. The first kappa shape index (κ1) is 18.7. The van der Waals surface area contributed by atoms with Gasteiger partial charge in [0.1, 0.15) is 0 Å². The highest BCUT2D eigenvalue weighted by Gasteiger charge is 2.40. The Morgan fingerprint density at radius 3 is 2.76 bits per heavy atom. The summed E-state index contributed by atoms with van der Waals surface area (Å²) in [5.74, 6) is 0.943. The summed E-state index contributed by atoms with van der Waals surface area (Å²) in [5, 5.41) is 7.42. The average Bonchev–Trinajstić information content (AvgIpc) is 2.87. The lowest BCUT2D eigenvalue weighted by atomic mass is 10.2. The molecule has 1 aliphatic rings. The normalized spacial score (nSPS) is 20.7. The van der Waals surface area contributed by atoms with Gasteiger partial charge in [-0.3, -0.25) is 4.99 Å². The van der Waals surface area contributed by atoms with Crippen molar-refractivity contribution < 1.29 is 8.42 Å². The van der Waals surface area contributed by atoms with Crippen LogP contribution in [0.1, 0.15) is 19.4 Å². The van der Waals surface area contributed by atoms with Gasteiger partial charge in [0.05, 0.1) is 10.5 Å². The zero-order chi connectivity index (χ0) is 14.8. The van der Waals surface area contributed by atoms with E-state index in [0.29, 0.717) is 19.6 Å². The summed E-state index contributed by atoms with van der Waals surface area (Å²) in [6.07, 6.45) is 0. The third kappa shape index (κ3) is 4.32. The minimum Gasteiger partial charge on any atom is -0.352 e. The summed E-state index contributed by atoms with van der Waals surface area (Å²) in [6, 6.07) is 2.07. The Kier molecular flexibility index (Phi) is 6.48. The zero-order valence-electron chi connectivity index (χ0n) is 12.5. The number of sulfone groups is 1. The minimum absolute atomic E-state index is 0. The summed E-state index contributed by atoms with van der Waals surface area (Å²) in [6.45, 7) is 5.23. The molecule has 0 spiro atoms. The average molecular weight is 443 g/mol. The molecule has 1 aromatic heterocycles. The first-order valence-electron chi connectivity index (χ1n) is 6.55. The van der Waals surface area contributed by atoms with E-state index >= 15 is 0 Å². The van der Waals surface area contributed by atoms with Crippen LogP contribution in [-0.2, 0) is 16.4 Å². The van der Waals surface area contributed by atoms with Gasteiger partial charge in [0.2, 0.25) is 0 Å². The molecule has 0 atom stereocenters. The van der Waals surface area contributed by atoms with Crippen LogP contribution in [0.15, 0.2) is 21.8 Å². The summed E-state index contributed by atoms with van der Waals surface area (Å²) >= 11 is 1.66. The second-order valence-electron chi connectivity index (χ2n) is 5.53. The quantitative estimate of drug-likeness (QED) is 0.431. The van der Waals surface area contributed by atoms with E-state index in [9.17, 15) is 8.42 Å². The van der Waals surface area contributed by atoms with Crippen LogP contribution in [0.4, 0.5) is 0 Å². The van der Waals surface area contributed by atoms with Crippen molar-refractivity contribution in [2.75, 3.05) is 25.9 Å². The van der Waals surface area contributed by atoms with Crippen LogP contribution in [0.3, 0.4) is 0 Å². The van der Waals surface area contributed by atoms with Gasteiger partial charge in [-0.2, -0.15) is 11.3 Å². The summed E-state index contributed by atoms with van der Waals surface area (Å²) in [4.78, 5) is 6.29. The molecule has 1 aromatic rings. The molecule has 21 heavy (non-hydrogen) atoms. The lowest BCUT2D eigenvalue weighted by molar-refractivity contribution is 0.353. The predicted octanol–water partition coefficient (Wildman–Crippen LogP) is 1.95. The number of thiophene rings is 1. The van der Waals surface area contributed by atoms with Gasteiger partial charge in [-0.1, -0.05) is 0 Å². The molecule has 0 bridgehead atoms. The maximum Gasteiger partial charge on any atom is 0.193 e. The largest absolute Gasteiger partial charge is 0.352 e. The van der Waals surface area contributed by atoms with E-state index in [4.69, 9.17) is 0 Å². The molecule has 0 amide bonds. The van der Waals surface area contributed by atoms with Crippen molar-refractivity contribution in [3.05, 3.63) is 22.4 Å². The smallest absolute Gasteiger partial charge is 0.193 e. The number of hydrogen-bond acceptors (Lipinski definition) is 4. The number of halogens is 1. The first-order valence-corrected chi connectivity index (χ1v) is 9.14. The Bertz CT molecular complexity index is 583. The molecular weight excluding hydrogens is 421 g/mol. The second-order valence-corrected chi connectivity index (χ2v) is 9.06. The lowest BCUT2D eigenvalue weighted by Gasteiger charge is -2.39. The van der Waals surface area contributed by atoms with Crippen LogP contribution in [-0.4, -0.2) is 49.9 Å². The molecule has 0 radical (unpaired) electrons. The Morgan fingerprint density at radius 1 is 1.52 bits per heavy atom. The van der Waals surface area contributed by atoms with Crippen LogP contribution in [0.25, 0.3) is 0 Å². The third-order valence-corrected chi connectivity index (χ3v) is 6.85. The molecule has 0 saturated carbocycles. The third-order valence-electron chi connectivity index (χ3n) is 3.59. The van der Waals surface area contributed by atoms with E-state index in [1.54, 1.807) is 32.2 Å². The molecule has 0 aliphatic carbocycles. The van der Waals surface area contributed by atoms with Crippen LogP contribution in [0.5, 0.6) is 0 Å². The van der Waals surface area contributed by atoms with Gasteiger partial charge in [0.25, 0.3) is 0 Å². The van der Waals surface area contributed by atoms with Crippen molar-refractivity contribution >= 4 is 51.1 Å². The van der Waals surface area contributed by atoms with Gasteiger partial charge in [-0.05, 0) is 36.2 Å². The molecule has 1 aliphatic heterocycles. The molecule has 2 rings (SSSR count). The molecular formula is C13H22IN3O2S2. The van der Waals surface area contributed by atoms with Crippen molar-refractivity contribution in [2.45, 2.75) is 25.1 Å². The van der Waals surface area contributed by atoms with Gasteiger partial charge < -0.3 is 10.2 Å². The van der Waals surface area contributed by atoms with Gasteiger partial charge in [-0.15, -0.1) is 24.0 Å². The fourth-order valence-electron chi connectivity index (χ4n) is 2.23. The van der Waals surface area contributed by atoms with Crippen molar-refractivity contribution in [3.63, 3.8) is 0 Å². The molecule has 5 nitrogen and oxygen atoms in total. The topological polar surface area (TPSA) is 61.8 Å². The van der Waals surface area contributed by atoms with Crippen LogP contribution in [0, 0.1) is 0 Å². The number of hydrogen-bond donors (Lipinski definition) is 1. The molecule has 2 heterocycles. The van der Waals surface area contributed by atoms with E-state index in [0.717, 1.165) is 5.96 Å². The van der Waals surface area contributed by atoms with E-state index in [1.165, 1.54) is 5.56 Å². The lowest BCUT2D eigenvalue weighted by Crippen LogP contribution is -2.57. The Balaban J connectivity index is 0.00000220. The van der Waals surface area contributed by atoms with Gasteiger partial charge in [0.15, 0.2) is 15.8 Å². The summed E-state index contributed by atoms with van der Waals surface area (Å²) < 4.78 is 23.3. The molecule has 0 aromatic carbocycles. The van der Waals surface area contributed by atoms with Gasteiger partial charge in [-0.25, -0.2) is 8.42 Å². The minimum atomic E-state index is -3.02. The van der Waals surface area contributed by atoms with Crippen molar-refractivity contribution in [2.24, 2.45) is 4.99 Å². The second kappa shape index (κ2) is 7.28. The Labute approximate surface area is 147 Å².